The van der Waals surface area contributed by atoms with Gasteiger partial charge in [-0.2, -0.15) is 5.10 Å². The van der Waals surface area contributed by atoms with Gasteiger partial charge >= 0.3 is 171 Å². The number of carbonyl (C=O) groups is 1. The monoisotopic (exact) mass is 477 g/mol. The number of likely N-dealkylation sites (tertiary alicyclic amines) is 1. The molecule has 0 radical (unpaired) electrons. The molecule has 35 heavy (non-hydrogen) atoms. The van der Waals surface area contributed by atoms with Gasteiger partial charge in [0.1, 0.15) is 0 Å². The molecule has 2 aromatic rings. The van der Waals surface area contributed by atoms with E-state index in [1.165, 1.54) is 6.07 Å². The second-order valence-electron chi connectivity index (χ2n) is 10.7. The minimum atomic E-state index is -0.847. The number of ether oxygens (including phenoxy) is 1. The number of carbonyl (C=O) groups excluding carboxylic acids is 1. The van der Waals surface area contributed by atoms with E-state index in [0.29, 0.717) is 11.3 Å². The third-order valence-corrected chi connectivity index (χ3v) is 7.06. The van der Waals surface area contributed by atoms with Gasteiger partial charge in [0, 0.05) is 12.7 Å². The van der Waals surface area contributed by atoms with Crippen LogP contribution < -0.4 is 5.32 Å². The van der Waals surface area contributed by atoms with Crippen LogP contribution in [0.25, 0.3) is 11.1 Å². The standard InChI is InChI=1S/C26H33BFN5O2/c1-15-21(14-30-32(15)5)16-6-7-17(22(28)12-16)10-19(13-29)31-24(34)23-18-8-9-20(11-18)33(23)25(27)35-26(2,3)4/h6-7,12,14,18-20,23,27H,8-11H2,1-5H3,(H,31,34)/t18?,19?,20-,23+/m1/s1. The molecule has 9 heteroatoms. The molecule has 1 saturated heterocycles. The number of nitrogens with zero attached hydrogens (tertiary/aromatic N) is 4. The average molecular weight is 477 g/mol. The van der Waals surface area contributed by atoms with Crippen molar-refractivity contribution in [1.82, 2.24) is 20.0 Å². The summed E-state index contributed by atoms with van der Waals surface area (Å²) in [7, 11) is 5.94. The van der Waals surface area contributed by atoms with Crippen LogP contribution in [0.5, 0.6) is 0 Å². The molecule has 2 aliphatic rings. The third-order valence-electron chi connectivity index (χ3n) is 7.06. The summed E-state index contributed by atoms with van der Waals surface area (Å²) >= 11 is 0. The molecular formula is C26H33BFN5O2. The molecule has 1 N–H and O–H groups in total. The SMILES string of the molecule is B=C(OC(C)(C)C)N1[C@@H]2CCC(C2)[C@H]1C(=O)NC(C#N)Cc1ccc(-c2cnn(C)c2C)cc1F. The Morgan fingerprint density at radius 3 is 2.74 bits per heavy atom. The fourth-order valence-electron chi connectivity index (χ4n) is 5.36. The molecular weight excluding hydrogens is 444 g/mol. The number of nitriles is 1. The van der Waals surface area contributed by atoms with Crippen molar-refractivity contribution in [1.29, 1.82) is 5.26 Å². The van der Waals surface area contributed by atoms with Crippen LogP contribution in [0.3, 0.4) is 0 Å². The topological polar surface area (TPSA) is 83.2 Å². The fraction of sp³-hybridized carbons (Fsp3) is 0.538. The number of amides is 1. The van der Waals surface area contributed by atoms with Crippen LogP contribution in [0.4, 0.5) is 4.39 Å². The maximum absolute atomic E-state index is 15.0. The third kappa shape index (κ3) is 5.12. The van der Waals surface area contributed by atoms with Crippen LogP contribution in [0.15, 0.2) is 24.4 Å². The van der Waals surface area contributed by atoms with E-state index < -0.39 is 23.5 Å². The van der Waals surface area contributed by atoms with Crippen LogP contribution >= 0.6 is 0 Å². The number of benzene rings is 1. The Morgan fingerprint density at radius 1 is 1.40 bits per heavy atom. The van der Waals surface area contributed by atoms with Crippen LogP contribution in [0.1, 0.15) is 51.3 Å². The number of piperidine rings is 1. The van der Waals surface area contributed by atoms with Crippen molar-refractivity contribution in [2.45, 2.75) is 77.1 Å². The number of hydrogen-bond donors (Lipinski definition) is 1. The number of aromatic nitrogens is 2. The van der Waals surface area contributed by atoms with E-state index in [0.717, 1.165) is 36.1 Å². The molecule has 1 aliphatic carbocycles. The summed E-state index contributed by atoms with van der Waals surface area (Å²) in [6, 6.07) is 6.03. The molecule has 184 valence electrons. The Labute approximate surface area is 207 Å². The second-order valence-corrected chi connectivity index (χ2v) is 10.7. The number of hydrogen-bond acceptors (Lipinski definition) is 5. The first-order valence-electron chi connectivity index (χ1n) is 12.1. The van der Waals surface area contributed by atoms with Gasteiger partial charge in [0.05, 0.1) is 6.20 Å². The normalized spacial score (nSPS) is 22.1. The molecule has 4 rings (SSSR count). The van der Waals surface area contributed by atoms with Gasteiger partial charge < -0.3 is 0 Å². The van der Waals surface area contributed by atoms with E-state index in [1.54, 1.807) is 16.9 Å². The summed E-state index contributed by atoms with van der Waals surface area (Å²) in [5, 5.41) is 16.8. The van der Waals surface area contributed by atoms with E-state index in [4.69, 9.17) is 4.74 Å². The summed E-state index contributed by atoms with van der Waals surface area (Å²) in [5.41, 5.74) is 2.48. The first kappa shape index (κ1) is 25.0. The number of fused-ring (bicyclic) bond motifs is 2. The minimum absolute atomic E-state index is 0.0840. The molecule has 2 heterocycles. The zero-order valence-corrected chi connectivity index (χ0v) is 21.1. The van der Waals surface area contributed by atoms with Crippen molar-refractivity contribution in [2.24, 2.45) is 13.0 Å². The van der Waals surface area contributed by atoms with E-state index in [1.807, 2.05) is 45.7 Å². The molecule has 0 spiro atoms. The van der Waals surface area contributed by atoms with Crippen LogP contribution in [-0.2, 0) is 23.0 Å². The Kier molecular flexibility index (Phi) is 6.76. The Morgan fingerprint density at radius 2 is 2.14 bits per heavy atom. The second kappa shape index (κ2) is 9.48. The molecule has 1 amide bonds. The molecule has 1 aliphatic heterocycles. The van der Waals surface area contributed by atoms with Crippen molar-refractivity contribution in [2.75, 3.05) is 0 Å². The Bertz CT molecular complexity index is 1180. The Balaban J connectivity index is 1.46. The van der Waals surface area contributed by atoms with E-state index in [2.05, 4.69) is 24.0 Å². The van der Waals surface area contributed by atoms with Crippen molar-refractivity contribution < 1.29 is 13.9 Å². The first-order chi connectivity index (χ1) is 16.5. The molecule has 1 aromatic heterocycles. The zero-order chi connectivity index (χ0) is 25.5. The van der Waals surface area contributed by atoms with Gasteiger partial charge in [0.25, 0.3) is 0 Å². The van der Waals surface area contributed by atoms with E-state index in [9.17, 15) is 14.4 Å². The molecule has 2 fully saturated rings. The van der Waals surface area contributed by atoms with Crippen LogP contribution in [0, 0.1) is 30.0 Å². The summed E-state index contributed by atoms with van der Waals surface area (Å²) in [5.74, 6) is 0.0447. The predicted molar refractivity (Wildman–Crippen MR) is 134 cm³/mol. The summed E-state index contributed by atoms with van der Waals surface area (Å²) < 4.78 is 22.7. The summed E-state index contributed by atoms with van der Waals surface area (Å²) in [6.07, 6.45) is 4.66. The number of nitrogens with one attached hydrogen (secondary N) is 1. The molecule has 2 unspecified atom stereocenters. The van der Waals surface area contributed by atoms with Crippen molar-refractivity contribution in [3.63, 3.8) is 0 Å². The van der Waals surface area contributed by atoms with Gasteiger partial charge in [-0.25, -0.2) is 0 Å². The molecule has 4 atom stereocenters. The van der Waals surface area contributed by atoms with Crippen LogP contribution in [-0.4, -0.2) is 57.6 Å². The summed E-state index contributed by atoms with van der Waals surface area (Å²) in [4.78, 5) is 15.3. The average Bonchev–Trinajstić information content (AvgIpc) is 3.48. The molecule has 1 aromatic carbocycles. The quantitative estimate of drug-likeness (QED) is 0.621. The molecule has 7 nitrogen and oxygen atoms in total. The number of halogens is 1. The Hall–Kier alpha value is -3.15. The predicted octanol–water partition coefficient (Wildman–Crippen LogP) is 2.74. The first-order valence-corrected chi connectivity index (χ1v) is 12.1. The van der Waals surface area contributed by atoms with Gasteiger partial charge in [-0.15, -0.1) is 0 Å². The van der Waals surface area contributed by atoms with Crippen molar-refractivity contribution >= 4 is 19.2 Å². The van der Waals surface area contributed by atoms with Gasteiger partial charge in [-0.1, -0.05) is 0 Å². The van der Waals surface area contributed by atoms with E-state index >= 15 is 0 Å². The van der Waals surface area contributed by atoms with Gasteiger partial charge in [-0.05, 0) is 6.92 Å². The van der Waals surface area contributed by atoms with Gasteiger partial charge in [0.15, 0.2) is 0 Å². The number of aryl methyl sites for hydroxylation is 1. The van der Waals surface area contributed by atoms with Gasteiger partial charge in [0.2, 0.25) is 0 Å². The number of rotatable bonds is 7. The van der Waals surface area contributed by atoms with Gasteiger partial charge in [-0.3, -0.25) is 4.68 Å². The van der Waals surface area contributed by atoms with Crippen LogP contribution in [0.2, 0.25) is 0 Å². The fourth-order valence-corrected chi connectivity index (χ4v) is 5.36. The maximum atomic E-state index is 15.0. The van der Waals surface area contributed by atoms with Crippen molar-refractivity contribution in [3.8, 4) is 17.2 Å². The summed E-state index contributed by atoms with van der Waals surface area (Å²) in [6.45, 7) is 7.77. The van der Waals surface area contributed by atoms with Crippen molar-refractivity contribution in [3.05, 3.63) is 41.5 Å². The zero-order valence-electron chi connectivity index (χ0n) is 21.1. The molecule has 1 saturated carbocycles. The van der Waals surface area contributed by atoms with E-state index in [-0.39, 0.29) is 24.3 Å². The molecule has 2 bridgehead atoms.